The topological polar surface area (TPSA) is 73.5 Å². The number of hydrogen-bond donors (Lipinski definition) is 3. The van der Waals surface area contributed by atoms with Crippen molar-refractivity contribution in [1.29, 1.82) is 0 Å². The standard InChI is InChI=1S/C17H23FN4O2/c18-14-3-1-13(2-4-14)5-8-20-16(24)22-11-6-17(7-12-22)15(23)19-9-10-21-17/h1-4,21H,5-12H2,(H,19,23)(H,20,24). The first kappa shape index (κ1) is 16.7. The van der Waals surface area contributed by atoms with E-state index in [9.17, 15) is 14.0 Å². The van der Waals surface area contributed by atoms with Crippen molar-refractivity contribution in [3.63, 3.8) is 0 Å². The van der Waals surface area contributed by atoms with Gasteiger partial charge < -0.3 is 20.9 Å². The summed E-state index contributed by atoms with van der Waals surface area (Å²) in [5.74, 6) is -0.212. The molecule has 7 heteroatoms. The maximum absolute atomic E-state index is 12.8. The van der Waals surface area contributed by atoms with Crippen LogP contribution in [0.3, 0.4) is 0 Å². The summed E-state index contributed by atoms with van der Waals surface area (Å²) in [5.41, 5.74) is 0.473. The monoisotopic (exact) mass is 334 g/mol. The molecule has 0 saturated carbocycles. The molecule has 3 amide bonds. The van der Waals surface area contributed by atoms with Crippen LogP contribution in [0.15, 0.2) is 24.3 Å². The summed E-state index contributed by atoms with van der Waals surface area (Å²) in [6.07, 6.45) is 1.92. The summed E-state index contributed by atoms with van der Waals surface area (Å²) in [4.78, 5) is 26.1. The third-order valence-electron chi connectivity index (χ3n) is 4.82. The van der Waals surface area contributed by atoms with Gasteiger partial charge in [0.05, 0.1) is 0 Å². The van der Waals surface area contributed by atoms with Crippen molar-refractivity contribution in [1.82, 2.24) is 20.9 Å². The van der Waals surface area contributed by atoms with Crippen molar-refractivity contribution in [2.45, 2.75) is 24.8 Å². The van der Waals surface area contributed by atoms with E-state index in [0.29, 0.717) is 45.4 Å². The van der Waals surface area contributed by atoms with E-state index in [0.717, 1.165) is 12.1 Å². The molecule has 0 unspecified atom stereocenters. The van der Waals surface area contributed by atoms with Crippen molar-refractivity contribution in [2.24, 2.45) is 0 Å². The normalized spacial score (nSPS) is 19.9. The predicted molar refractivity (Wildman–Crippen MR) is 88.1 cm³/mol. The van der Waals surface area contributed by atoms with Crippen LogP contribution in [0.2, 0.25) is 0 Å². The van der Waals surface area contributed by atoms with Gasteiger partial charge in [0.1, 0.15) is 11.4 Å². The van der Waals surface area contributed by atoms with E-state index in [4.69, 9.17) is 0 Å². The second-order valence-corrected chi connectivity index (χ2v) is 6.36. The minimum atomic E-state index is -0.511. The molecule has 0 aromatic heterocycles. The van der Waals surface area contributed by atoms with Gasteiger partial charge in [0.15, 0.2) is 0 Å². The Kier molecular flexibility index (Phi) is 4.99. The first-order valence-corrected chi connectivity index (χ1v) is 8.40. The van der Waals surface area contributed by atoms with Gasteiger partial charge >= 0.3 is 6.03 Å². The fraction of sp³-hybridized carbons (Fsp3) is 0.529. The number of piperazine rings is 1. The SMILES string of the molecule is O=C(NCCc1ccc(F)cc1)N1CCC2(CC1)NCCNC2=O. The van der Waals surface area contributed by atoms with E-state index in [1.165, 1.54) is 12.1 Å². The van der Waals surface area contributed by atoms with Gasteiger partial charge in [-0.25, -0.2) is 9.18 Å². The zero-order valence-corrected chi connectivity index (χ0v) is 13.6. The van der Waals surface area contributed by atoms with Crippen LogP contribution in [-0.4, -0.2) is 55.1 Å². The van der Waals surface area contributed by atoms with Crippen LogP contribution in [0, 0.1) is 5.82 Å². The highest BCUT2D eigenvalue weighted by atomic mass is 19.1. The van der Waals surface area contributed by atoms with Crippen molar-refractivity contribution in [3.8, 4) is 0 Å². The van der Waals surface area contributed by atoms with Crippen LogP contribution in [0.5, 0.6) is 0 Å². The fourth-order valence-electron chi connectivity index (χ4n) is 3.30. The Morgan fingerprint density at radius 1 is 1.21 bits per heavy atom. The molecule has 2 saturated heterocycles. The van der Waals surface area contributed by atoms with Gasteiger partial charge in [-0.1, -0.05) is 12.1 Å². The number of urea groups is 1. The Morgan fingerprint density at radius 3 is 2.58 bits per heavy atom. The van der Waals surface area contributed by atoms with E-state index >= 15 is 0 Å². The lowest BCUT2D eigenvalue weighted by Gasteiger charge is -2.43. The summed E-state index contributed by atoms with van der Waals surface area (Å²) in [7, 11) is 0. The predicted octanol–water partition coefficient (Wildman–Crippen LogP) is 0.632. The van der Waals surface area contributed by atoms with Crippen LogP contribution in [0.4, 0.5) is 9.18 Å². The van der Waals surface area contributed by atoms with Crippen molar-refractivity contribution in [2.75, 3.05) is 32.7 Å². The molecular weight excluding hydrogens is 311 g/mol. The van der Waals surface area contributed by atoms with Crippen molar-refractivity contribution >= 4 is 11.9 Å². The Hall–Kier alpha value is -2.15. The first-order valence-electron chi connectivity index (χ1n) is 8.40. The molecule has 6 nitrogen and oxygen atoms in total. The molecule has 0 aliphatic carbocycles. The summed E-state index contributed by atoms with van der Waals surface area (Å²) >= 11 is 0. The average Bonchev–Trinajstić information content (AvgIpc) is 2.60. The molecule has 130 valence electrons. The molecule has 2 heterocycles. The molecule has 1 aromatic rings. The fourth-order valence-corrected chi connectivity index (χ4v) is 3.30. The summed E-state index contributed by atoms with van der Waals surface area (Å²) in [6, 6.07) is 6.18. The Bertz CT molecular complexity index is 597. The number of carbonyl (C=O) groups is 2. The molecule has 3 rings (SSSR count). The molecule has 3 N–H and O–H groups in total. The van der Waals surface area contributed by atoms with E-state index in [1.54, 1.807) is 17.0 Å². The van der Waals surface area contributed by atoms with E-state index in [1.807, 2.05) is 0 Å². The number of piperidine rings is 1. The molecule has 2 fully saturated rings. The molecule has 2 aliphatic rings. The first-order chi connectivity index (χ1) is 11.6. The third-order valence-corrected chi connectivity index (χ3v) is 4.82. The zero-order valence-electron chi connectivity index (χ0n) is 13.6. The highest BCUT2D eigenvalue weighted by Gasteiger charge is 2.43. The average molecular weight is 334 g/mol. The van der Waals surface area contributed by atoms with E-state index < -0.39 is 5.54 Å². The number of hydrogen-bond acceptors (Lipinski definition) is 3. The van der Waals surface area contributed by atoms with Gasteiger partial charge in [-0.2, -0.15) is 0 Å². The number of halogens is 1. The van der Waals surface area contributed by atoms with Crippen molar-refractivity contribution in [3.05, 3.63) is 35.6 Å². The number of nitrogens with zero attached hydrogens (tertiary/aromatic N) is 1. The molecular formula is C17H23FN4O2. The maximum atomic E-state index is 12.8. The number of benzene rings is 1. The summed E-state index contributed by atoms with van der Waals surface area (Å²) < 4.78 is 12.8. The van der Waals surface area contributed by atoms with Crippen LogP contribution in [0.1, 0.15) is 18.4 Å². The minimum Gasteiger partial charge on any atom is -0.353 e. The molecule has 0 radical (unpaired) electrons. The van der Waals surface area contributed by atoms with E-state index in [-0.39, 0.29) is 17.8 Å². The Labute approximate surface area is 140 Å². The number of rotatable bonds is 3. The highest BCUT2D eigenvalue weighted by molar-refractivity contribution is 5.87. The third kappa shape index (κ3) is 3.67. The highest BCUT2D eigenvalue weighted by Crippen LogP contribution is 2.24. The number of carbonyl (C=O) groups excluding carboxylic acids is 2. The molecule has 1 spiro atoms. The van der Waals surface area contributed by atoms with Gasteiger partial charge in [-0.05, 0) is 37.0 Å². The lowest BCUT2D eigenvalue weighted by Crippen LogP contribution is -2.67. The lowest BCUT2D eigenvalue weighted by atomic mass is 9.85. The van der Waals surface area contributed by atoms with Crippen LogP contribution in [-0.2, 0) is 11.2 Å². The molecule has 0 atom stereocenters. The summed E-state index contributed by atoms with van der Waals surface area (Å²) in [6.45, 7) is 3.06. The number of likely N-dealkylation sites (tertiary alicyclic amines) is 1. The van der Waals surface area contributed by atoms with Gasteiger partial charge in [0, 0.05) is 32.7 Å². The van der Waals surface area contributed by atoms with Gasteiger partial charge in [0.25, 0.3) is 0 Å². The quantitative estimate of drug-likeness (QED) is 0.759. The molecule has 24 heavy (non-hydrogen) atoms. The largest absolute Gasteiger partial charge is 0.353 e. The maximum Gasteiger partial charge on any atom is 0.317 e. The minimum absolute atomic E-state index is 0.0464. The summed E-state index contributed by atoms with van der Waals surface area (Å²) in [5, 5.41) is 9.10. The van der Waals surface area contributed by atoms with Crippen LogP contribution < -0.4 is 16.0 Å². The number of amides is 3. The van der Waals surface area contributed by atoms with Gasteiger partial charge in [-0.15, -0.1) is 0 Å². The zero-order chi connectivity index (χ0) is 17.0. The van der Waals surface area contributed by atoms with Gasteiger partial charge in [-0.3, -0.25) is 4.79 Å². The second-order valence-electron chi connectivity index (χ2n) is 6.36. The van der Waals surface area contributed by atoms with Crippen molar-refractivity contribution < 1.29 is 14.0 Å². The number of nitrogens with one attached hydrogen (secondary N) is 3. The second kappa shape index (κ2) is 7.17. The van der Waals surface area contributed by atoms with E-state index in [2.05, 4.69) is 16.0 Å². The lowest BCUT2D eigenvalue weighted by molar-refractivity contribution is -0.131. The van der Waals surface area contributed by atoms with Gasteiger partial charge in [0.2, 0.25) is 5.91 Å². The Morgan fingerprint density at radius 2 is 1.92 bits per heavy atom. The van der Waals surface area contributed by atoms with Crippen LogP contribution >= 0.6 is 0 Å². The van der Waals surface area contributed by atoms with Crippen LogP contribution in [0.25, 0.3) is 0 Å². The Balaban J connectivity index is 1.43. The smallest absolute Gasteiger partial charge is 0.317 e. The molecule has 1 aromatic carbocycles. The molecule has 2 aliphatic heterocycles. The molecule has 0 bridgehead atoms.